The summed E-state index contributed by atoms with van der Waals surface area (Å²) in [4.78, 5) is 13.7. The van der Waals surface area contributed by atoms with Gasteiger partial charge in [-0.15, -0.1) is 0 Å². The maximum absolute atomic E-state index is 13.7. The number of nitrogens with zero attached hydrogens (tertiary/aromatic N) is 4. The first-order chi connectivity index (χ1) is 12.8. The predicted octanol–water partition coefficient (Wildman–Crippen LogP) is 2.55. The van der Waals surface area contributed by atoms with Crippen LogP contribution in [-0.4, -0.2) is 55.1 Å². The minimum atomic E-state index is -0.156. The van der Waals surface area contributed by atoms with Crippen LogP contribution in [0.5, 0.6) is 0 Å². The summed E-state index contributed by atoms with van der Waals surface area (Å²) in [6.45, 7) is 7.06. The van der Waals surface area contributed by atoms with Crippen molar-refractivity contribution >= 4 is 11.8 Å². The zero-order valence-corrected chi connectivity index (χ0v) is 15.2. The van der Waals surface area contributed by atoms with Gasteiger partial charge in [-0.2, -0.15) is 0 Å². The average molecular weight is 355 g/mol. The molecule has 0 radical (unpaired) electrons. The van der Waals surface area contributed by atoms with Gasteiger partial charge in [0.2, 0.25) is 0 Å². The molecule has 3 rings (SSSR count). The molecule has 5 nitrogen and oxygen atoms in total. The van der Waals surface area contributed by atoms with Crippen LogP contribution in [0, 0.1) is 5.82 Å². The summed E-state index contributed by atoms with van der Waals surface area (Å²) in [5.41, 5.74) is 0.715. The molecule has 1 saturated heterocycles. The van der Waals surface area contributed by atoms with Gasteiger partial charge in [0.15, 0.2) is 5.96 Å². The van der Waals surface area contributed by atoms with Gasteiger partial charge in [0.05, 0.1) is 0 Å². The monoisotopic (exact) mass is 355 g/mol. The van der Waals surface area contributed by atoms with E-state index in [1.54, 1.807) is 6.07 Å². The van der Waals surface area contributed by atoms with Gasteiger partial charge in [-0.3, -0.25) is 4.99 Å². The molecule has 1 aromatic heterocycles. The molecule has 0 spiro atoms. The van der Waals surface area contributed by atoms with E-state index in [1.807, 2.05) is 36.5 Å². The van der Waals surface area contributed by atoms with Crippen LogP contribution in [0.4, 0.5) is 10.2 Å². The molecule has 0 aliphatic carbocycles. The van der Waals surface area contributed by atoms with Crippen LogP contribution in [0.2, 0.25) is 0 Å². The highest BCUT2D eigenvalue weighted by Gasteiger charge is 2.20. The molecule has 138 valence electrons. The molecule has 0 unspecified atom stereocenters. The molecule has 1 aromatic carbocycles. The lowest BCUT2D eigenvalue weighted by Crippen LogP contribution is -2.52. The number of hydrogen-bond donors (Lipinski definition) is 1. The first kappa shape index (κ1) is 18.2. The Morgan fingerprint density at radius 2 is 1.88 bits per heavy atom. The summed E-state index contributed by atoms with van der Waals surface area (Å²) in [7, 11) is 0. The number of rotatable bonds is 5. The normalized spacial score (nSPS) is 15.2. The van der Waals surface area contributed by atoms with E-state index < -0.39 is 0 Å². The van der Waals surface area contributed by atoms with Crippen LogP contribution in [0.1, 0.15) is 12.5 Å². The van der Waals surface area contributed by atoms with E-state index in [-0.39, 0.29) is 5.82 Å². The average Bonchev–Trinajstić information content (AvgIpc) is 2.69. The van der Waals surface area contributed by atoms with Crippen LogP contribution >= 0.6 is 0 Å². The Morgan fingerprint density at radius 1 is 1.12 bits per heavy atom. The van der Waals surface area contributed by atoms with E-state index >= 15 is 0 Å². The fraction of sp³-hybridized carbons (Fsp3) is 0.400. The maximum Gasteiger partial charge on any atom is 0.194 e. The summed E-state index contributed by atoms with van der Waals surface area (Å²) in [5.74, 6) is 1.77. The molecule has 0 bridgehead atoms. The van der Waals surface area contributed by atoms with Crippen molar-refractivity contribution in [2.45, 2.75) is 13.3 Å². The molecule has 0 atom stereocenters. The molecule has 26 heavy (non-hydrogen) atoms. The van der Waals surface area contributed by atoms with Crippen LogP contribution in [-0.2, 0) is 6.42 Å². The van der Waals surface area contributed by atoms with Gasteiger partial charge in [-0.05, 0) is 37.1 Å². The van der Waals surface area contributed by atoms with Gasteiger partial charge >= 0.3 is 0 Å². The fourth-order valence-electron chi connectivity index (χ4n) is 3.10. The first-order valence-electron chi connectivity index (χ1n) is 9.20. The largest absolute Gasteiger partial charge is 0.357 e. The third-order valence-corrected chi connectivity index (χ3v) is 4.49. The minimum Gasteiger partial charge on any atom is -0.357 e. The second-order valence-corrected chi connectivity index (χ2v) is 6.24. The molecule has 0 saturated carbocycles. The number of benzene rings is 1. The standard InChI is InChI=1S/C20H26FN5/c1-2-22-20(24-12-10-17-7-3-4-8-18(17)21)26-15-13-25(14-16-26)19-9-5-6-11-23-19/h3-9,11H,2,10,12-16H2,1H3,(H,22,24). The molecular weight excluding hydrogens is 329 g/mol. The van der Waals surface area contributed by atoms with Crippen LogP contribution in [0.15, 0.2) is 53.7 Å². The number of aromatic nitrogens is 1. The maximum atomic E-state index is 13.7. The zero-order chi connectivity index (χ0) is 18.2. The second kappa shape index (κ2) is 9.17. The number of halogens is 1. The first-order valence-corrected chi connectivity index (χ1v) is 9.20. The Morgan fingerprint density at radius 3 is 2.58 bits per heavy atom. The predicted molar refractivity (Wildman–Crippen MR) is 104 cm³/mol. The van der Waals surface area contributed by atoms with E-state index in [1.165, 1.54) is 6.07 Å². The van der Waals surface area contributed by atoms with Gasteiger partial charge < -0.3 is 15.1 Å². The van der Waals surface area contributed by atoms with Crippen molar-refractivity contribution < 1.29 is 4.39 Å². The summed E-state index contributed by atoms with van der Waals surface area (Å²) >= 11 is 0. The molecular formula is C20H26FN5. The third-order valence-electron chi connectivity index (χ3n) is 4.49. The lowest BCUT2D eigenvalue weighted by molar-refractivity contribution is 0.371. The van der Waals surface area contributed by atoms with E-state index in [4.69, 9.17) is 4.99 Å². The van der Waals surface area contributed by atoms with E-state index in [0.717, 1.165) is 44.5 Å². The van der Waals surface area contributed by atoms with Gasteiger partial charge in [0.1, 0.15) is 11.6 Å². The van der Waals surface area contributed by atoms with Crippen molar-refractivity contribution in [3.8, 4) is 0 Å². The van der Waals surface area contributed by atoms with Crippen LogP contribution < -0.4 is 10.2 Å². The quantitative estimate of drug-likeness (QED) is 0.661. The third kappa shape index (κ3) is 4.71. The highest BCUT2D eigenvalue weighted by atomic mass is 19.1. The molecule has 1 aliphatic heterocycles. The Bertz CT molecular complexity index is 711. The summed E-state index contributed by atoms with van der Waals surface area (Å²) in [6.07, 6.45) is 2.44. The van der Waals surface area contributed by atoms with Crippen molar-refractivity contribution in [3.05, 3.63) is 60.0 Å². The van der Waals surface area contributed by atoms with Crippen molar-refractivity contribution in [3.63, 3.8) is 0 Å². The Labute approximate surface area is 154 Å². The number of pyridine rings is 1. The molecule has 1 fully saturated rings. The lowest BCUT2D eigenvalue weighted by atomic mass is 10.1. The number of nitrogens with one attached hydrogen (secondary N) is 1. The molecule has 0 amide bonds. The SMILES string of the molecule is CCNC(=NCCc1ccccc1F)N1CCN(c2ccccn2)CC1. The van der Waals surface area contributed by atoms with E-state index in [0.29, 0.717) is 18.5 Å². The molecule has 2 aromatic rings. The highest BCUT2D eigenvalue weighted by Crippen LogP contribution is 2.13. The Kier molecular flexibility index (Phi) is 6.41. The molecule has 1 N–H and O–H groups in total. The molecule has 2 heterocycles. The van der Waals surface area contributed by atoms with Gasteiger partial charge in [0.25, 0.3) is 0 Å². The van der Waals surface area contributed by atoms with Crippen LogP contribution in [0.3, 0.4) is 0 Å². The number of hydrogen-bond acceptors (Lipinski definition) is 3. The number of anilines is 1. The summed E-state index contributed by atoms with van der Waals surface area (Å²) < 4.78 is 13.7. The second-order valence-electron chi connectivity index (χ2n) is 6.24. The van der Waals surface area contributed by atoms with Crippen molar-refractivity contribution in [2.24, 2.45) is 4.99 Å². The Balaban J connectivity index is 1.57. The molecule has 6 heteroatoms. The van der Waals surface area contributed by atoms with Gasteiger partial charge in [-0.1, -0.05) is 24.3 Å². The number of guanidine groups is 1. The summed E-state index contributed by atoms with van der Waals surface area (Å²) in [5, 5.41) is 3.36. The number of aliphatic imine (C=N–C) groups is 1. The number of piperazine rings is 1. The van der Waals surface area contributed by atoms with Crippen LogP contribution in [0.25, 0.3) is 0 Å². The van der Waals surface area contributed by atoms with Gasteiger partial charge in [0, 0.05) is 45.5 Å². The van der Waals surface area contributed by atoms with Crippen molar-refractivity contribution in [1.82, 2.24) is 15.2 Å². The topological polar surface area (TPSA) is 43.8 Å². The smallest absolute Gasteiger partial charge is 0.194 e. The van der Waals surface area contributed by atoms with Crippen molar-refractivity contribution in [1.29, 1.82) is 0 Å². The Hall–Kier alpha value is -2.63. The van der Waals surface area contributed by atoms with Gasteiger partial charge in [-0.25, -0.2) is 9.37 Å². The highest BCUT2D eigenvalue weighted by molar-refractivity contribution is 5.80. The zero-order valence-electron chi connectivity index (χ0n) is 15.2. The van der Waals surface area contributed by atoms with E-state index in [2.05, 4.69) is 27.0 Å². The van der Waals surface area contributed by atoms with Crippen molar-refractivity contribution in [2.75, 3.05) is 44.2 Å². The lowest BCUT2D eigenvalue weighted by Gasteiger charge is -2.37. The fourth-order valence-corrected chi connectivity index (χ4v) is 3.10. The summed E-state index contributed by atoms with van der Waals surface area (Å²) in [6, 6.07) is 12.9. The van der Waals surface area contributed by atoms with E-state index in [9.17, 15) is 4.39 Å². The molecule has 1 aliphatic rings. The minimum absolute atomic E-state index is 0.156.